The summed E-state index contributed by atoms with van der Waals surface area (Å²) in [5.41, 5.74) is 0.706. The molecule has 3 aromatic rings. The largest absolute Gasteiger partial charge is 0.480 e. The van der Waals surface area contributed by atoms with Crippen LogP contribution in [0.5, 0.6) is 11.5 Å². The van der Waals surface area contributed by atoms with Gasteiger partial charge in [-0.05, 0) is 35.9 Å². The molecule has 0 spiro atoms. The van der Waals surface area contributed by atoms with Gasteiger partial charge in [-0.1, -0.05) is 36.4 Å². The molecule has 152 valence electrons. The summed E-state index contributed by atoms with van der Waals surface area (Å²) in [7, 11) is 0. The first-order valence-corrected chi connectivity index (χ1v) is 9.02. The number of nitrogens with one attached hydrogen (secondary N) is 1. The van der Waals surface area contributed by atoms with Gasteiger partial charge in [0.25, 0.3) is 11.6 Å². The van der Waals surface area contributed by atoms with Crippen molar-refractivity contribution in [2.24, 2.45) is 0 Å². The van der Waals surface area contributed by atoms with Gasteiger partial charge in [-0.15, -0.1) is 0 Å². The molecular formula is C22H18N2O6. The van der Waals surface area contributed by atoms with Gasteiger partial charge in [0.1, 0.15) is 17.5 Å². The minimum Gasteiger partial charge on any atom is -0.480 e. The van der Waals surface area contributed by atoms with Gasteiger partial charge in [0, 0.05) is 24.1 Å². The van der Waals surface area contributed by atoms with E-state index in [1.54, 1.807) is 30.3 Å². The van der Waals surface area contributed by atoms with Gasteiger partial charge in [-0.25, -0.2) is 4.79 Å². The molecule has 0 radical (unpaired) electrons. The summed E-state index contributed by atoms with van der Waals surface area (Å²) >= 11 is 0. The summed E-state index contributed by atoms with van der Waals surface area (Å²) < 4.78 is 5.70. The number of aliphatic carboxylic acids is 1. The fourth-order valence-electron chi connectivity index (χ4n) is 2.76. The van der Waals surface area contributed by atoms with E-state index in [1.165, 1.54) is 30.3 Å². The summed E-state index contributed by atoms with van der Waals surface area (Å²) in [6, 6.07) is 19.8. The summed E-state index contributed by atoms with van der Waals surface area (Å²) in [4.78, 5) is 34.4. The van der Waals surface area contributed by atoms with Crippen molar-refractivity contribution < 1.29 is 24.4 Å². The van der Waals surface area contributed by atoms with E-state index in [2.05, 4.69) is 5.32 Å². The van der Waals surface area contributed by atoms with Gasteiger partial charge in [-0.2, -0.15) is 0 Å². The van der Waals surface area contributed by atoms with Crippen molar-refractivity contribution in [3.05, 3.63) is 100 Å². The number of carbonyl (C=O) groups is 2. The number of nitrogens with zero attached hydrogens (tertiary/aromatic N) is 1. The van der Waals surface area contributed by atoms with Crippen molar-refractivity contribution >= 4 is 17.6 Å². The Morgan fingerprint density at radius 3 is 2.27 bits per heavy atom. The Hall–Kier alpha value is -4.20. The zero-order valence-corrected chi connectivity index (χ0v) is 15.7. The lowest BCUT2D eigenvalue weighted by Crippen LogP contribution is -2.42. The lowest BCUT2D eigenvalue weighted by Gasteiger charge is -2.15. The number of nitro groups is 1. The van der Waals surface area contributed by atoms with Crippen LogP contribution in [-0.2, 0) is 11.2 Å². The van der Waals surface area contributed by atoms with Gasteiger partial charge < -0.3 is 15.2 Å². The lowest BCUT2D eigenvalue weighted by molar-refractivity contribution is -0.384. The SMILES string of the molecule is O=C(N[C@@H](Cc1ccc([N+](=O)[O-])cc1)C(=O)O)c1cccc(Oc2ccccc2)c1. The molecule has 30 heavy (non-hydrogen) atoms. The minimum absolute atomic E-state index is 0.0146. The standard InChI is InChI=1S/C22H18N2O6/c25-21(16-5-4-8-19(14-16)30-18-6-2-1-3-7-18)23-20(22(26)27)13-15-9-11-17(12-10-15)24(28)29/h1-12,14,20H,13H2,(H,23,25)(H,26,27)/t20-/m0/s1. The van der Waals surface area contributed by atoms with E-state index in [-0.39, 0.29) is 17.7 Å². The number of hydrogen-bond acceptors (Lipinski definition) is 5. The number of amides is 1. The van der Waals surface area contributed by atoms with Crippen molar-refractivity contribution in [2.75, 3.05) is 0 Å². The highest BCUT2D eigenvalue weighted by Gasteiger charge is 2.22. The van der Waals surface area contributed by atoms with Gasteiger partial charge >= 0.3 is 5.97 Å². The first-order chi connectivity index (χ1) is 14.4. The molecule has 8 nitrogen and oxygen atoms in total. The summed E-state index contributed by atoms with van der Waals surface area (Å²) in [5.74, 6) is -0.728. The van der Waals surface area contributed by atoms with Crippen LogP contribution in [0.4, 0.5) is 5.69 Å². The molecule has 2 N–H and O–H groups in total. The second-order valence-corrected chi connectivity index (χ2v) is 6.43. The maximum absolute atomic E-state index is 12.6. The Morgan fingerprint density at radius 2 is 1.63 bits per heavy atom. The van der Waals surface area contributed by atoms with Crippen LogP contribution in [0.25, 0.3) is 0 Å². The summed E-state index contributed by atoms with van der Waals surface area (Å²) in [6.07, 6.45) is -0.0146. The maximum atomic E-state index is 12.6. The van der Waals surface area contributed by atoms with E-state index >= 15 is 0 Å². The molecule has 3 aromatic carbocycles. The van der Waals surface area contributed by atoms with E-state index in [4.69, 9.17) is 4.74 Å². The maximum Gasteiger partial charge on any atom is 0.326 e. The molecule has 0 saturated heterocycles. The second-order valence-electron chi connectivity index (χ2n) is 6.43. The molecule has 0 unspecified atom stereocenters. The fourth-order valence-corrected chi connectivity index (χ4v) is 2.76. The zero-order valence-electron chi connectivity index (χ0n) is 15.7. The van der Waals surface area contributed by atoms with E-state index in [0.717, 1.165) is 0 Å². The molecule has 1 atom stereocenters. The fraction of sp³-hybridized carbons (Fsp3) is 0.0909. The number of para-hydroxylation sites is 1. The van der Waals surface area contributed by atoms with Crippen LogP contribution < -0.4 is 10.1 Å². The molecule has 0 aliphatic rings. The number of hydrogen-bond donors (Lipinski definition) is 2. The Bertz CT molecular complexity index is 1050. The molecule has 0 fully saturated rings. The number of ether oxygens (including phenoxy) is 1. The van der Waals surface area contributed by atoms with Crippen molar-refractivity contribution in [3.8, 4) is 11.5 Å². The summed E-state index contributed by atoms with van der Waals surface area (Å²) in [5, 5.41) is 22.7. The van der Waals surface area contributed by atoms with Crippen LogP contribution in [0, 0.1) is 10.1 Å². The Kier molecular flexibility index (Phi) is 6.39. The first-order valence-electron chi connectivity index (χ1n) is 9.02. The molecule has 0 aromatic heterocycles. The molecule has 0 aliphatic heterocycles. The molecule has 0 saturated carbocycles. The van der Waals surface area contributed by atoms with Crippen molar-refractivity contribution in [2.45, 2.75) is 12.5 Å². The Morgan fingerprint density at radius 1 is 0.967 bits per heavy atom. The molecule has 3 rings (SSSR count). The average Bonchev–Trinajstić information content (AvgIpc) is 2.74. The second kappa shape index (κ2) is 9.33. The highest BCUT2D eigenvalue weighted by atomic mass is 16.6. The number of rotatable bonds is 8. The third-order valence-electron chi connectivity index (χ3n) is 4.27. The van der Waals surface area contributed by atoms with E-state index in [0.29, 0.717) is 17.1 Å². The quantitative estimate of drug-likeness (QED) is 0.434. The van der Waals surface area contributed by atoms with Crippen LogP contribution in [0.3, 0.4) is 0 Å². The average molecular weight is 406 g/mol. The number of carbonyl (C=O) groups excluding carboxylic acids is 1. The number of benzene rings is 3. The monoisotopic (exact) mass is 406 g/mol. The number of non-ortho nitro benzene ring substituents is 1. The Labute approximate surface area is 171 Å². The zero-order chi connectivity index (χ0) is 21.5. The van der Waals surface area contributed by atoms with E-state index < -0.39 is 22.8 Å². The van der Waals surface area contributed by atoms with Crippen LogP contribution in [0.2, 0.25) is 0 Å². The lowest BCUT2D eigenvalue weighted by atomic mass is 10.0. The molecule has 1 amide bonds. The predicted molar refractivity (Wildman–Crippen MR) is 109 cm³/mol. The van der Waals surface area contributed by atoms with Crippen molar-refractivity contribution in [1.29, 1.82) is 0 Å². The van der Waals surface area contributed by atoms with Gasteiger partial charge in [0.05, 0.1) is 4.92 Å². The van der Waals surface area contributed by atoms with Crippen LogP contribution in [0.1, 0.15) is 15.9 Å². The number of carboxylic acid groups (broad SMARTS) is 1. The van der Waals surface area contributed by atoms with Crippen LogP contribution >= 0.6 is 0 Å². The van der Waals surface area contributed by atoms with Crippen molar-refractivity contribution in [1.82, 2.24) is 5.32 Å². The van der Waals surface area contributed by atoms with Crippen LogP contribution in [0.15, 0.2) is 78.9 Å². The Balaban J connectivity index is 1.69. The summed E-state index contributed by atoms with van der Waals surface area (Å²) in [6.45, 7) is 0. The van der Waals surface area contributed by atoms with Gasteiger partial charge in [0.15, 0.2) is 0 Å². The smallest absolute Gasteiger partial charge is 0.326 e. The number of nitro benzene ring substituents is 1. The molecule has 0 bridgehead atoms. The van der Waals surface area contributed by atoms with Crippen LogP contribution in [-0.4, -0.2) is 27.9 Å². The number of carboxylic acids is 1. The topological polar surface area (TPSA) is 119 Å². The normalized spacial score (nSPS) is 11.3. The predicted octanol–water partition coefficient (Wildman–Crippen LogP) is 3.81. The van der Waals surface area contributed by atoms with E-state index in [1.807, 2.05) is 18.2 Å². The van der Waals surface area contributed by atoms with Crippen molar-refractivity contribution in [3.63, 3.8) is 0 Å². The molecule has 0 aliphatic carbocycles. The molecular weight excluding hydrogens is 388 g/mol. The first kappa shape index (κ1) is 20.5. The highest BCUT2D eigenvalue weighted by molar-refractivity contribution is 5.97. The highest BCUT2D eigenvalue weighted by Crippen LogP contribution is 2.22. The minimum atomic E-state index is -1.21. The van der Waals surface area contributed by atoms with Gasteiger partial charge in [-0.3, -0.25) is 14.9 Å². The third-order valence-corrected chi connectivity index (χ3v) is 4.27. The molecule has 0 heterocycles. The molecule has 8 heteroatoms. The van der Waals surface area contributed by atoms with Gasteiger partial charge in [0.2, 0.25) is 0 Å². The van der Waals surface area contributed by atoms with E-state index in [9.17, 15) is 24.8 Å². The third kappa shape index (κ3) is 5.41.